The van der Waals surface area contributed by atoms with Crippen molar-refractivity contribution in [2.75, 3.05) is 28.4 Å². The second-order valence-corrected chi connectivity index (χ2v) is 9.29. The van der Waals surface area contributed by atoms with Crippen molar-refractivity contribution >= 4 is 35.1 Å². The van der Waals surface area contributed by atoms with Gasteiger partial charge >= 0.3 is 5.97 Å². The lowest BCUT2D eigenvalue weighted by Gasteiger charge is -2.22. The molecule has 0 spiro atoms. The van der Waals surface area contributed by atoms with E-state index >= 15 is 0 Å². The molecule has 1 aliphatic heterocycles. The van der Waals surface area contributed by atoms with E-state index in [4.69, 9.17) is 42.1 Å². The molecule has 0 saturated heterocycles. The first-order chi connectivity index (χ1) is 18.8. The predicted octanol–water partition coefficient (Wildman–Crippen LogP) is 4.96. The van der Waals surface area contributed by atoms with Gasteiger partial charge in [-0.05, 0) is 36.4 Å². The van der Waals surface area contributed by atoms with E-state index in [2.05, 4.69) is 15.4 Å². The minimum atomic E-state index is -0.546. The van der Waals surface area contributed by atoms with Gasteiger partial charge in [-0.2, -0.15) is 5.10 Å². The summed E-state index contributed by atoms with van der Waals surface area (Å²) in [7, 11) is 5.79. The van der Waals surface area contributed by atoms with Crippen LogP contribution in [0.1, 0.15) is 26.4 Å². The summed E-state index contributed by atoms with van der Waals surface area (Å²) in [5.74, 6) is 0.0315. The standard InChI is InChI=1S/C27H22Cl2N4O6/c1-30-26(34)23-25-24(33(32-23)17-9-15(28)8-16(29)10-17)18-11-19(21(36-2)6-14(18)12-39-25)20-5-13(27(35)38-4)7-22(31-20)37-3/h5-11H,12H2,1-4H3,(H,30,34). The highest BCUT2D eigenvalue weighted by atomic mass is 35.5. The number of hydrogen-bond donors (Lipinski definition) is 1. The van der Waals surface area contributed by atoms with Gasteiger partial charge in [0.1, 0.15) is 18.1 Å². The Balaban J connectivity index is 1.79. The third-order valence-electron chi connectivity index (χ3n) is 6.14. The van der Waals surface area contributed by atoms with E-state index in [1.807, 2.05) is 12.1 Å². The number of ether oxygens (including phenoxy) is 4. The van der Waals surface area contributed by atoms with Crippen LogP contribution in [0.5, 0.6) is 17.4 Å². The molecule has 2 aromatic heterocycles. The molecule has 10 nitrogen and oxygen atoms in total. The third kappa shape index (κ3) is 4.73. The Kier molecular flexibility index (Phi) is 7.07. The fourth-order valence-electron chi connectivity index (χ4n) is 4.36. The highest BCUT2D eigenvalue weighted by Crippen LogP contribution is 2.46. The molecular formula is C27H22Cl2N4O6. The van der Waals surface area contributed by atoms with Crippen molar-refractivity contribution in [3.63, 3.8) is 0 Å². The number of amides is 1. The molecule has 3 heterocycles. The molecule has 0 fully saturated rings. The number of carbonyl (C=O) groups excluding carboxylic acids is 2. The lowest BCUT2D eigenvalue weighted by molar-refractivity contribution is 0.0600. The lowest BCUT2D eigenvalue weighted by Crippen LogP contribution is -2.19. The van der Waals surface area contributed by atoms with Crippen LogP contribution < -0.4 is 19.5 Å². The van der Waals surface area contributed by atoms with E-state index in [-0.39, 0.29) is 23.7 Å². The summed E-state index contributed by atoms with van der Waals surface area (Å²) in [5.41, 5.74) is 3.83. The first-order valence-electron chi connectivity index (χ1n) is 11.6. The van der Waals surface area contributed by atoms with Crippen molar-refractivity contribution < 1.29 is 28.5 Å². The second-order valence-electron chi connectivity index (χ2n) is 8.42. The largest absolute Gasteiger partial charge is 0.496 e. The Bertz CT molecular complexity index is 1610. The van der Waals surface area contributed by atoms with E-state index in [0.717, 1.165) is 5.56 Å². The van der Waals surface area contributed by atoms with E-state index in [0.29, 0.717) is 49.7 Å². The minimum absolute atomic E-state index is 0.0964. The summed E-state index contributed by atoms with van der Waals surface area (Å²) >= 11 is 12.6. The molecule has 0 bridgehead atoms. The zero-order chi connectivity index (χ0) is 27.8. The Morgan fingerprint density at radius 3 is 2.36 bits per heavy atom. The molecule has 0 radical (unpaired) electrons. The summed E-state index contributed by atoms with van der Waals surface area (Å²) in [6.07, 6.45) is 0. The van der Waals surface area contributed by atoms with Crippen molar-refractivity contribution in [1.82, 2.24) is 20.1 Å². The normalized spacial score (nSPS) is 11.6. The van der Waals surface area contributed by atoms with Crippen molar-refractivity contribution in [3.8, 4) is 45.6 Å². The van der Waals surface area contributed by atoms with Crippen molar-refractivity contribution in [3.05, 3.63) is 69.3 Å². The number of benzene rings is 2. The van der Waals surface area contributed by atoms with Gasteiger partial charge in [0.15, 0.2) is 11.4 Å². The van der Waals surface area contributed by atoms with Crippen LogP contribution in [0.15, 0.2) is 42.5 Å². The Labute approximate surface area is 233 Å². The van der Waals surface area contributed by atoms with E-state index in [1.165, 1.54) is 34.4 Å². The summed E-state index contributed by atoms with van der Waals surface area (Å²) in [6, 6.07) is 11.7. The fraction of sp³-hybridized carbons (Fsp3) is 0.185. The van der Waals surface area contributed by atoms with Crippen LogP contribution >= 0.6 is 23.2 Å². The Morgan fingerprint density at radius 1 is 0.974 bits per heavy atom. The number of rotatable bonds is 6. The van der Waals surface area contributed by atoms with Crippen molar-refractivity contribution in [1.29, 1.82) is 0 Å². The molecule has 1 aliphatic rings. The van der Waals surface area contributed by atoms with Gasteiger partial charge < -0.3 is 24.3 Å². The third-order valence-corrected chi connectivity index (χ3v) is 6.57. The molecule has 4 aromatic rings. The van der Waals surface area contributed by atoms with Gasteiger partial charge in [0, 0.05) is 39.8 Å². The first kappa shape index (κ1) is 26.3. The van der Waals surface area contributed by atoms with Crippen LogP contribution in [0.4, 0.5) is 0 Å². The molecule has 0 atom stereocenters. The minimum Gasteiger partial charge on any atom is -0.496 e. The monoisotopic (exact) mass is 568 g/mol. The van der Waals surface area contributed by atoms with Crippen LogP contribution in [-0.4, -0.2) is 55.0 Å². The van der Waals surface area contributed by atoms with Gasteiger partial charge in [-0.1, -0.05) is 23.2 Å². The summed E-state index contributed by atoms with van der Waals surface area (Å²) < 4.78 is 23.5. The lowest BCUT2D eigenvalue weighted by atomic mass is 9.95. The molecule has 39 heavy (non-hydrogen) atoms. The number of nitrogens with one attached hydrogen (secondary N) is 1. The maximum Gasteiger partial charge on any atom is 0.338 e. The number of pyridine rings is 1. The average molecular weight is 569 g/mol. The number of methoxy groups -OCH3 is 3. The van der Waals surface area contributed by atoms with Crippen LogP contribution in [0.3, 0.4) is 0 Å². The molecule has 0 unspecified atom stereocenters. The Hall–Kier alpha value is -4.28. The summed E-state index contributed by atoms with van der Waals surface area (Å²) in [4.78, 5) is 29.6. The zero-order valence-electron chi connectivity index (χ0n) is 21.3. The van der Waals surface area contributed by atoms with Crippen LogP contribution in [0.2, 0.25) is 10.0 Å². The molecule has 1 amide bonds. The highest BCUT2D eigenvalue weighted by Gasteiger charge is 2.32. The maximum atomic E-state index is 12.8. The molecule has 2 aromatic carbocycles. The fourth-order valence-corrected chi connectivity index (χ4v) is 4.87. The Morgan fingerprint density at radius 2 is 1.72 bits per heavy atom. The number of nitrogens with zero attached hydrogens (tertiary/aromatic N) is 3. The number of fused-ring (bicyclic) bond motifs is 3. The first-order valence-corrected chi connectivity index (χ1v) is 12.3. The van der Waals surface area contributed by atoms with Gasteiger partial charge in [0.25, 0.3) is 5.91 Å². The van der Waals surface area contributed by atoms with Gasteiger partial charge in [-0.25, -0.2) is 14.5 Å². The van der Waals surface area contributed by atoms with E-state index in [1.54, 1.807) is 28.9 Å². The van der Waals surface area contributed by atoms with Crippen LogP contribution in [-0.2, 0) is 11.3 Å². The van der Waals surface area contributed by atoms with Crippen molar-refractivity contribution in [2.45, 2.75) is 6.61 Å². The smallest absolute Gasteiger partial charge is 0.338 e. The predicted molar refractivity (Wildman–Crippen MR) is 144 cm³/mol. The van der Waals surface area contributed by atoms with Crippen molar-refractivity contribution in [2.24, 2.45) is 0 Å². The summed E-state index contributed by atoms with van der Waals surface area (Å²) in [5, 5.41) is 7.96. The van der Waals surface area contributed by atoms with Crippen LogP contribution in [0, 0.1) is 0 Å². The molecule has 5 rings (SSSR count). The molecule has 0 saturated carbocycles. The number of aromatic nitrogens is 3. The molecular weight excluding hydrogens is 547 g/mol. The van der Waals surface area contributed by atoms with Gasteiger partial charge in [0.2, 0.25) is 5.88 Å². The highest BCUT2D eigenvalue weighted by molar-refractivity contribution is 6.34. The van der Waals surface area contributed by atoms with Gasteiger partial charge in [-0.3, -0.25) is 4.79 Å². The average Bonchev–Trinajstić information content (AvgIpc) is 3.35. The second kappa shape index (κ2) is 10.5. The van der Waals surface area contributed by atoms with E-state index in [9.17, 15) is 9.59 Å². The number of halogens is 2. The molecule has 12 heteroatoms. The number of carbonyl (C=O) groups is 2. The SMILES string of the molecule is CNC(=O)c1nn(-c2cc(Cl)cc(Cl)c2)c2c1OCc1cc(OC)c(-c3cc(C(=O)OC)cc(OC)n3)cc1-2. The zero-order valence-corrected chi connectivity index (χ0v) is 22.8. The topological polar surface area (TPSA) is 114 Å². The number of esters is 1. The van der Waals surface area contributed by atoms with Gasteiger partial charge in [-0.15, -0.1) is 0 Å². The number of hydrogen-bond acceptors (Lipinski definition) is 8. The quantitative estimate of drug-likeness (QED) is 0.324. The van der Waals surface area contributed by atoms with Gasteiger partial charge in [0.05, 0.1) is 38.3 Å². The maximum absolute atomic E-state index is 12.8. The molecule has 1 N–H and O–H groups in total. The summed E-state index contributed by atoms with van der Waals surface area (Å²) in [6.45, 7) is 0.157. The van der Waals surface area contributed by atoms with E-state index < -0.39 is 11.9 Å². The molecule has 200 valence electrons. The van der Waals surface area contributed by atoms with Crippen LogP contribution in [0.25, 0.3) is 28.2 Å². The molecule has 0 aliphatic carbocycles.